The van der Waals surface area contributed by atoms with E-state index in [4.69, 9.17) is 4.74 Å². The van der Waals surface area contributed by atoms with E-state index < -0.39 is 42.4 Å². The summed E-state index contributed by atoms with van der Waals surface area (Å²) in [4.78, 5) is 24.7. The molecule has 124 valence electrons. The van der Waals surface area contributed by atoms with Gasteiger partial charge < -0.3 is 9.84 Å². The van der Waals surface area contributed by atoms with Crippen LogP contribution in [0.1, 0.15) is 24.8 Å². The highest BCUT2D eigenvalue weighted by molar-refractivity contribution is 5.81. The monoisotopic (exact) mass is 325 g/mol. The molecule has 3 aliphatic rings. The van der Waals surface area contributed by atoms with Crippen molar-refractivity contribution in [3.63, 3.8) is 0 Å². The molecule has 3 fully saturated rings. The smallest absolute Gasteiger partial charge is 0.411 e. The average molecular weight is 325 g/mol. The molecule has 1 amide bonds. The number of carboxylic acid groups (broad SMARTS) is 1. The summed E-state index contributed by atoms with van der Waals surface area (Å²) >= 11 is 0. The Morgan fingerprint density at radius 2 is 1.96 bits per heavy atom. The van der Waals surface area contributed by atoms with Gasteiger partial charge in [0.25, 0.3) is 5.92 Å². The third-order valence-corrected chi connectivity index (χ3v) is 4.60. The van der Waals surface area contributed by atoms with E-state index in [-0.39, 0.29) is 13.0 Å². The molecule has 2 bridgehead atoms. The molecule has 1 N–H and O–H groups in total. The van der Waals surface area contributed by atoms with Crippen LogP contribution in [0.3, 0.4) is 0 Å². The van der Waals surface area contributed by atoms with Crippen molar-refractivity contribution in [1.29, 1.82) is 0 Å². The van der Waals surface area contributed by atoms with E-state index in [0.717, 1.165) is 10.5 Å². The molecular weight excluding hydrogens is 308 g/mol. The van der Waals surface area contributed by atoms with Crippen LogP contribution in [0, 0.1) is 5.92 Å². The molecule has 1 aromatic carbocycles. The maximum Gasteiger partial charge on any atom is 0.411 e. The van der Waals surface area contributed by atoms with Gasteiger partial charge in [0.15, 0.2) is 0 Å². The van der Waals surface area contributed by atoms with E-state index in [1.54, 1.807) is 24.3 Å². The Labute approximate surface area is 131 Å². The first kappa shape index (κ1) is 15.7. The highest BCUT2D eigenvalue weighted by atomic mass is 19.3. The van der Waals surface area contributed by atoms with Crippen LogP contribution in [0.2, 0.25) is 0 Å². The molecule has 1 aliphatic carbocycles. The number of benzene rings is 1. The molecule has 1 saturated carbocycles. The van der Waals surface area contributed by atoms with Crippen LogP contribution in [0.25, 0.3) is 0 Å². The van der Waals surface area contributed by atoms with Crippen molar-refractivity contribution in [2.75, 3.05) is 0 Å². The Kier molecular flexibility index (Phi) is 3.95. The molecule has 4 rings (SSSR count). The minimum absolute atomic E-state index is 0.0176. The van der Waals surface area contributed by atoms with Crippen LogP contribution in [0.4, 0.5) is 13.6 Å². The Morgan fingerprint density at radius 3 is 2.57 bits per heavy atom. The number of aliphatic carboxylic acids is 1. The van der Waals surface area contributed by atoms with Gasteiger partial charge in [-0.15, -0.1) is 0 Å². The second-order valence-electron chi connectivity index (χ2n) is 6.03. The molecule has 0 radical (unpaired) electrons. The molecule has 7 heteroatoms. The van der Waals surface area contributed by atoms with Gasteiger partial charge in [-0.3, -0.25) is 4.90 Å². The summed E-state index contributed by atoms with van der Waals surface area (Å²) in [6, 6.07) is 6.59. The second kappa shape index (κ2) is 5.79. The number of fused-ring (bicyclic) bond motifs is 3. The van der Waals surface area contributed by atoms with Crippen LogP contribution < -0.4 is 0 Å². The summed E-state index contributed by atoms with van der Waals surface area (Å²) in [6.07, 6.45) is -0.852. The van der Waals surface area contributed by atoms with Gasteiger partial charge in [0.2, 0.25) is 0 Å². The lowest BCUT2D eigenvalue weighted by Gasteiger charge is -2.51. The molecular formula is C16H17F2NO4. The number of ether oxygens (including phenoxy) is 1. The van der Waals surface area contributed by atoms with E-state index in [9.17, 15) is 23.5 Å². The summed E-state index contributed by atoms with van der Waals surface area (Å²) in [5.41, 5.74) is 0.750. The van der Waals surface area contributed by atoms with Gasteiger partial charge in [-0.25, -0.2) is 18.4 Å². The number of carbonyl (C=O) groups excluding carboxylic acids is 1. The topological polar surface area (TPSA) is 66.8 Å². The largest absolute Gasteiger partial charge is 0.480 e. The molecule has 23 heavy (non-hydrogen) atoms. The average Bonchev–Trinajstić information content (AvgIpc) is 2.52. The third-order valence-electron chi connectivity index (χ3n) is 4.60. The summed E-state index contributed by atoms with van der Waals surface area (Å²) in [6.45, 7) is -0.0176. The van der Waals surface area contributed by atoms with Gasteiger partial charge in [-0.2, -0.15) is 0 Å². The van der Waals surface area contributed by atoms with Gasteiger partial charge in [-0.05, 0) is 18.4 Å². The third kappa shape index (κ3) is 2.87. The van der Waals surface area contributed by atoms with Crippen LogP contribution in [-0.4, -0.2) is 40.1 Å². The fraction of sp³-hybridized carbons (Fsp3) is 0.500. The normalized spacial score (nSPS) is 28.4. The van der Waals surface area contributed by atoms with Crippen molar-refractivity contribution in [3.05, 3.63) is 35.9 Å². The molecule has 1 aromatic rings. The first-order valence-electron chi connectivity index (χ1n) is 7.50. The SMILES string of the molecule is O=C(O)C1[C@@H]2CC[C@@H](CC2(F)F)N1C(=O)OCc1ccccc1. The number of alkyl halides is 2. The van der Waals surface area contributed by atoms with E-state index in [0.29, 0.717) is 6.42 Å². The van der Waals surface area contributed by atoms with E-state index in [2.05, 4.69) is 0 Å². The molecule has 2 heterocycles. The fourth-order valence-electron chi connectivity index (χ4n) is 3.55. The van der Waals surface area contributed by atoms with Gasteiger partial charge >= 0.3 is 12.1 Å². The summed E-state index contributed by atoms with van der Waals surface area (Å²) in [5.74, 6) is -5.81. The van der Waals surface area contributed by atoms with E-state index in [1.165, 1.54) is 0 Å². The standard InChI is InChI=1S/C16H17F2NO4/c17-16(18)8-11-6-7-12(16)13(14(20)21)19(11)15(22)23-9-10-4-2-1-3-5-10/h1-5,11-13H,6-9H2,(H,20,21)/t11-,12-,13?/m0/s1. The van der Waals surface area contributed by atoms with Crippen molar-refractivity contribution in [3.8, 4) is 0 Å². The summed E-state index contributed by atoms with van der Waals surface area (Å²) in [5, 5.41) is 9.31. The lowest BCUT2D eigenvalue weighted by Crippen LogP contribution is -2.66. The van der Waals surface area contributed by atoms with Gasteiger partial charge in [-0.1, -0.05) is 30.3 Å². The van der Waals surface area contributed by atoms with Crippen LogP contribution in [0.15, 0.2) is 30.3 Å². The maximum absolute atomic E-state index is 14.0. The number of rotatable bonds is 3. The van der Waals surface area contributed by atoms with E-state index >= 15 is 0 Å². The van der Waals surface area contributed by atoms with Crippen LogP contribution >= 0.6 is 0 Å². The van der Waals surface area contributed by atoms with E-state index in [1.807, 2.05) is 6.07 Å². The highest BCUT2D eigenvalue weighted by Gasteiger charge is 2.61. The van der Waals surface area contributed by atoms with Crippen LogP contribution in [0.5, 0.6) is 0 Å². The first-order chi connectivity index (χ1) is 10.9. The number of hydrogen-bond acceptors (Lipinski definition) is 3. The van der Waals surface area contributed by atoms with Gasteiger partial charge in [0, 0.05) is 12.5 Å². The molecule has 2 saturated heterocycles. The quantitative estimate of drug-likeness (QED) is 0.928. The molecule has 5 nitrogen and oxygen atoms in total. The summed E-state index contributed by atoms with van der Waals surface area (Å²) < 4.78 is 33.1. The minimum Gasteiger partial charge on any atom is -0.480 e. The lowest BCUT2D eigenvalue weighted by molar-refractivity contribution is -0.191. The minimum atomic E-state index is -3.05. The number of carboxylic acids is 1. The zero-order valence-electron chi connectivity index (χ0n) is 12.3. The first-order valence-corrected chi connectivity index (χ1v) is 7.50. The van der Waals surface area contributed by atoms with Crippen molar-refractivity contribution in [2.45, 2.75) is 43.9 Å². The number of carbonyl (C=O) groups is 2. The number of piperidine rings is 2. The Morgan fingerprint density at radius 1 is 1.26 bits per heavy atom. The molecule has 2 aliphatic heterocycles. The van der Waals surface area contributed by atoms with Crippen molar-refractivity contribution >= 4 is 12.1 Å². The fourth-order valence-corrected chi connectivity index (χ4v) is 3.55. The zero-order valence-corrected chi connectivity index (χ0v) is 12.3. The molecule has 1 unspecified atom stereocenters. The number of nitrogens with zero attached hydrogens (tertiary/aromatic N) is 1. The lowest BCUT2D eigenvalue weighted by atomic mass is 9.72. The predicted octanol–water partition coefficient (Wildman–Crippen LogP) is 2.90. The molecule has 3 atom stereocenters. The Bertz CT molecular complexity index is 607. The van der Waals surface area contributed by atoms with Crippen molar-refractivity contribution in [2.24, 2.45) is 5.92 Å². The van der Waals surface area contributed by atoms with Gasteiger partial charge in [0.1, 0.15) is 12.6 Å². The highest BCUT2D eigenvalue weighted by Crippen LogP contribution is 2.49. The number of halogens is 2. The second-order valence-corrected chi connectivity index (χ2v) is 6.03. The molecule has 0 spiro atoms. The van der Waals surface area contributed by atoms with Crippen LogP contribution in [-0.2, 0) is 16.1 Å². The van der Waals surface area contributed by atoms with Gasteiger partial charge in [0.05, 0.1) is 5.92 Å². The van der Waals surface area contributed by atoms with Crippen molar-refractivity contribution < 1.29 is 28.2 Å². The summed E-state index contributed by atoms with van der Waals surface area (Å²) in [7, 11) is 0. The predicted molar refractivity (Wildman–Crippen MR) is 76.0 cm³/mol. The Balaban J connectivity index is 1.75. The number of amides is 1. The molecule has 0 aromatic heterocycles. The zero-order chi connectivity index (χ0) is 16.6. The van der Waals surface area contributed by atoms with Crippen molar-refractivity contribution in [1.82, 2.24) is 4.90 Å². The maximum atomic E-state index is 14.0. The number of hydrogen-bond donors (Lipinski definition) is 1. The Hall–Kier alpha value is -2.18.